The molecular formula is C14H18N2O5S. The lowest BCUT2D eigenvalue weighted by atomic mass is 10.1. The summed E-state index contributed by atoms with van der Waals surface area (Å²) in [6, 6.07) is 6.41. The highest BCUT2D eigenvalue weighted by molar-refractivity contribution is 7.89. The average Bonchev–Trinajstić information content (AvgIpc) is 2.78. The second-order valence-electron chi connectivity index (χ2n) is 5.11. The largest absolute Gasteiger partial charge is 0.478 e. The zero-order chi connectivity index (χ0) is 16.2. The number of rotatable bonds is 6. The van der Waals surface area contributed by atoms with Gasteiger partial charge in [0, 0.05) is 13.1 Å². The van der Waals surface area contributed by atoms with E-state index >= 15 is 0 Å². The fraction of sp³-hybridized carbons (Fsp3) is 0.429. The van der Waals surface area contributed by atoms with Crippen LogP contribution in [0.15, 0.2) is 24.3 Å². The summed E-state index contributed by atoms with van der Waals surface area (Å²) in [5.41, 5.74) is 1.12. The first-order chi connectivity index (χ1) is 10.4. The van der Waals surface area contributed by atoms with Gasteiger partial charge in [0.2, 0.25) is 15.9 Å². The zero-order valence-corrected chi connectivity index (χ0v) is 12.8. The molecule has 1 aromatic carbocycles. The van der Waals surface area contributed by atoms with E-state index < -0.39 is 16.0 Å². The monoisotopic (exact) mass is 326 g/mol. The van der Waals surface area contributed by atoms with Crippen LogP contribution in [-0.2, 0) is 21.2 Å². The molecular weight excluding hydrogens is 308 g/mol. The van der Waals surface area contributed by atoms with Crippen LogP contribution in [0, 0.1) is 0 Å². The number of benzene rings is 1. The summed E-state index contributed by atoms with van der Waals surface area (Å²) < 4.78 is 24.4. The Bertz CT molecular complexity index is 654. The van der Waals surface area contributed by atoms with Crippen molar-refractivity contribution < 1.29 is 23.1 Å². The normalized spacial score (nSPS) is 17.3. The molecule has 0 bridgehead atoms. The molecule has 1 amide bonds. The first-order valence-corrected chi connectivity index (χ1v) is 8.56. The molecule has 0 unspecified atom stereocenters. The maximum absolute atomic E-state index is 11.7. The third-order valence-electron chi connectivity index (χ3n) is 3.46. The third kappa shape index (κ3) is 4.28. The van der Waals surface area contributed by atoms with Crippen molar-refractivity contribution in [3.8, 4) is 0 Å². The number of sulfonamides is 1. The maximum Gasteiger partial charge on any atom is 0.335 e. The zero-order valence-electron chi connectivity index (χ0n) is 12.0. The molecule has 1 fully saturated rings. The van der Waals surface area contributed by atoms with Crippen molar-refractivity contribution in [3.63, 3.8) is 0 Å². The number of carboxylic acids is 1. The Morgan fingerprint density at radius 2 is 1.91 bits per heavy atom. The molecule has 1 saturated heterocycles. The van der Waals surface area contributed by atoms with Crippen LogP contribution in [0.3, 0.4) is 0 Å². The number of carboxylic acid groups (broad SMARTS) is 1. The highest BCUT2D eigenvalue weighted by Gasteiger charge is 2.29. The molecule has 2 rings (SSSR count). The van der Waals surface area contributed by atoms with Gasteiger partial charge in [0.05, 0.1) is 17.9 Å². The van der Waals surface area contributed by atoms with Gasteiger partial charge in [0.1, 0.15) is 0 Å². The molecule has 1 aliphatic rings. The van der Waals surface area contributed by atoms with E-state index in [1.54, 1.807) is 12.1 Å². The molecule has 7 nitrogen and oxygen atoms in total. The second-order valence-corrected chi connectivity index (χ2v) is 7.19. The van der Waals surface area contributed by atoms with Gasteiger partial charge in [0.15, 0.2) is 0 Å². The number of nitrogens with zero attached hydrogens (tertiary/aromatic N) is 1. The van der Waals surface area contributed by atoms with E-state index in [2.05, 4.69) is 5.32 Å². The highest BCUT2D eigenvalue weighted by Crippen LogP contribution is 2.12. The molecule has 8 heteroatoms. The lowest BCUT2D eigenvalue weighted by Gasteiger charge is -2.13. The Hall–Kier alpha value is -1.93. The summed E-state index contributed by atoms with van der Waals surface area (Å²) in [5, 5.41) is 11.5. The quantitative estimate of drug-likeness (QED) is 0.770. The van der Waals surface area contributed by atoms with Gasteiger partial charge in [-0.1, -0.05) is 12.1 Å². The first-order valence-electron chi connectivity index (χ1n) is 6.95. The summed E-state index contributed by atoms with van der Waals surface area (Å²) in [6.45, 7) is 0.631. The number of nitrogens with one attached hydrogen (secondary N) is 1. The topological polar surface area (TPSA) is 104 Å². The Morgan fingerprint density at radius 3 is 2.45 bits per heavy atom. The molecule has 0 aromatic heterocycles. The van der Waals surface area contributed by atoms with E-state index in [0.29, 0.717) is 25.9 Å². The van der Waals surface area contributed by atoms with E-state index in [9.17, 15) is 18.0 Å². The third-order valence-corrected chi connectivity index (χ3v) is 5.36. The van der Waals surface area contributed by atoms with E-state index in [-0.39, 0.29) is 23.8 Å². The van der Waals surface area contributed by atoms with Crippen LogP contribution in [0.1, 0.15) is 22.3 Å². The Morgan fingerprint density at radius 1 is 1.23 bits per heavy atom. The number of carbonyl (C=O) groups is 2. The van der Waals surface area contributed by atoms with Gasteiger partial charge in [0.25, 0.3) is 0 Å². The van der Waals surface area contributed by atoms with Crippen LogP contribution in [0.2, 0.25) is 0 Å². The van der Waals surface area contributed by atoms with Gasteiger partial charge in [-0.25, -0.2) is 13.2 Å². The minimum atomic E-state index is -3.26. The smallest absolute Gasteiger partial charge is 0.335 e. The molecule has 0 saturated carbocycles. The number of carbonyl (C=O) groups excluding carboxylic acids is 1. The van der Waals surface area contributed by atoms with Crippen molar-refractivity contribution in [2.75, 3.05) is 25.4 Å². The number of amides is 1. The van der Waals surface area contributed by atoms with Crippen molar-refractivity contribution >= 4 is 21.9 Å². The molecule has 0 spiro atoms. The Labute approximate surface area is 129 Å². The molecule has 0 radical (unpaired) electrons. The summed E-state index contributed by atoms with van der Waals surface area (Å²) >= 11 is 0. The van der Waals surface area contributed by atoms with Gasteiger partial charge in [-0.15, -0.1) is 0 Å². The predicted octanol–water partition coefficient (Wildman–Crippen LogP) is 0.0790. The molecule has 120 valence electrons. The van der Waals surface area contributed by atoms with Gasteiger partial charge in [-0.3, -0.25) is 4.79 Å². The fourth-order valence-corrected chi connectivity index (χ4v) is 3.72. The molecule has 1 aromatic rings. The van der Waals surface area contributed by atoms with Crippen molar-refractivity contribution in [2.24, 2.45) is 0 Å². The number of hydrogen-bond donors (Lipinski definition) is 2. The molecule has 1 aliphatic heterocycles. The Balaban J connectivity index is 1.76. The molecule has 0 aliphatic carbocycles. The van der Waals surface area contributed by atoms with Crippen LogP contribution >= 0.6 is 0 Å². The fourth-order valence-electron chi connectivity index (χ4n) is 2.25. The standard InChI is InChI=1S/C14H18N2O5S/c17-13(10-16-8-1-9-22(16,20)21)15-7-6-11-2-4-12(5-3-11)14(18)19/h2-5H,1,6-10H2,(H,15,17)(H,18,19). The van der Waals surface area contributed by atoms with Gasteiger partial charge in [-0.2, -0.15) is 4.31 Å². The lowest BCUT2D eigenvalue weighted by molar-refractivity contribution is -0.121. The number of aromatic carboxylic acids is 1. The average molecular weight is 326 g/mol. The van der Waals surface area contributed by atoms with E-state index in [1.807, 2.05) is 0 Å². The second kappa shape index (κ2) is 6.89. The van der Waals surface area contributed by atoms with Crippen molar-refractivity contribution in [1.29, 1.82) is 0 Å². The maximum atomic E-state index is 11.7. The minimum Gasteiger partial charge on any atom is -0.478 e. The van der Waals surface area contributed by atoms with E-state index in [4.69, 9.17) is 5.11 Å². The first kappa shape index (κ1) is 16.4. The van der Waals surface area contributed by atoms with Crippen molar-refractivity contribution in [2.45, 2.75) is 12.8 Å². The summed E-state index contributed by atoms with van der Waals surface area (Å²) in [6.07, 6.45) is 1.12. The van der Waals surface area contributed by atoms with Crippen LogP contribution in [0.25, 0.3) is 0 Å². The summed E-state index contributed by atoms with van der Waals surface area (Å²) in [4.78, 5) is 22.4. The summed E-state index contributed by atoms with van der Waals surface area (Å²) in [5.74, 6) is -1.20. The van der Waals surface area contributed by atoms with Crippen LogP contribution in [-0.4, -0.2) is 55.1 Å². The summed E-state index contributed by atoms with van der Waals surface area (Å²) in [7, 11) is -3.26. The Kier molecular flexibility index (Phi) is 5.15. The highest BCUT2D eigenvalue weighted by atomic mass is 32.2. The number of hydrogen-bond acceptors (Lipinski definition) is 4. The molecule has 0 atom stereocenters. The van der Waals surface area contributed by atoms with Gasteiger partial charge < -0.3 is 10.4 Å². The molecule has 1 heterocycles. The SMILES string of the molecule is O=C(CN1CCCS1(=O)=O)NCCc1ccc(C(=O)O)cc1. The van der Waals surface area contributed by atoms with Crippen LogP contribution in [0.4, 0.5) is 0 Å². The van der Waals surface area contributed by atoms with Crippen LogP contribution in [0.5, 0.6) is 0 Å². The lowest BCUT2D eigenvalue weighted by Crippen LogP contribution is -2.38. The van der Waals surface area contributed by atoms with Crippen molar-refractivity contribution in [1.82, 2.24) is 9.62 Å². The van der Waals surface area contributed by atoms with Crippen LogP contribution < -0.4 is 5.32 Å². The van der Waals surface area contributed by atoms with Crippen molar-refractivity contribution in [3.05, 3.63) is 35.4 Å². The molecule has 22 heavy (non-hydrogen) atoms. The predicted molar refractivity (Wildman–Crippen MR) is 80.1 cm³/mol. The van der Waals surface area contributed by atoms with Gasteiger partial charge in [-0.05, 0) is 30.5 Å². The van der Waals surface area contributed by atoms with E-state index in [1.165, 1.54) is 16.4 Å². The minimum absolute atomic E-state index is 0.107. The van der Waals surface area contributed by atoms with E-state index in [0.717, 1.165) is 5.56 Å². The molecule has 2 N–H and O–H groups in total. The van der Waals surface area contributed by atoms with Gasteiger partial charge >= 0.3 is 5.97 Å².